The number of nitrogen functional groups attached to an aromatic ring is 1. The molecule has 0 aliphatic carbocycles. The molecule has 4 N–H and O–H groups in total. The molecule has 1 aromatic carbocycles. The number of nitrogens with two attached hydrogens (primary N) is 1. The van der Waals surface area contributed by atoms with Gasteiger partial charge in [0.2, 0.25) is 5.78 Å². The van der Waals surface area contributed by atoms with Gasteiger partial charge in [0.1, 0.15) is 10.7 Å². The van der Waals surface area contributed by atoms with Crippen molar-refractivity contribution < 1.29 is 9.59 Å². The number of carbonyl (C=O) groups is 2. The van der Waals surface area contributed by atoms with Gasteiger partial charge in [-0.1, -0.05) is 11.3 Å². The number of benzene rings is 1. The largest absolute Gasteiger partial charge is 0.382 e. The number of halogens is 1. The molecule has 0 radical (unpaired) electrons. The maximum Gasteiger partial charge on any atom is 0.251 e. The fourth-order valence-electron chi connectivity index (χ4n) is 3.75. The molecule has 0 spiro atoms. The minimum absolute atomic E-state index is 0. The second-order valence-electron chi connectivity index (χ2n) is 7.94. The molecule has 2 aromatic heterocycles. The van der Waals surface area contributed by atoms with Crippen LogP contribution in [-0.4, -0.2) is 52.7 Å². The van der Waals surface area contributed by atoms with Gasteiger partial charge in [0, 0.05) is 41.8 Å². The van der Waals surface area contributed by atoms with Gasteiger partial charge in [-0.05, 0) is 69.3 Å². The topological polar surface area (TPSA) is 113 Å². The Balaban J connectivity index is 0.00000306. The minimum atomic E-state index is -0.196. The van der Waals surface area contributed by atoms with Gasteiger partial charge in [0.05, 0.1) is 0 Å². The Labute approximate surface area is 203 Å². The Morgan fingerprint density at radius 1 is 1.24 bits per heavy atom. The molecule has 3 aromatic rings. The zero-order valence-electron chi connectivity index (χ0n) is 18.5. The number of likely N-dealkylation sites (tertiary alicyclic amines) is 1. The maximum atomic E-state index is 12.8. The number of nitrogens with zero attached hydrogens (tertiary/aromatic N) is 3. The maximum absolute atomic E-state index is 12.8. The highest BCUT2D eigenvalue weighted by Gasteiger charge is 2.22. The normalized spacial score (nSPS) is 15.6. The van der Waals surface area contributed by atoms with E-state index >= 15 is 0 Å². The van der Waals surface area contributed by atoms with Crippen LogP contribution in [0.25, 0.3) is 0 Å². The lowest BCUT2D eigenvalue weighted by molar-refractivity contribution is 0.0943. The quantitative estimate of drug-likeness (QED) is 0.437. The van der Waals surface area contributed by atoms with E-state index in [0.29, 0.717) is 33.7 Å². The summed E-state index contributed by atoms with van der Waals surface area (Å²) in [4.78, 5) is 36.2. The average molecular weight is 487 g/mol. The number of aromatic nitrogens is 2. The third kappa shape index (κ3) is 5.68. The summed E-state index contributed by atoms with van der Waals surface area (Å²) in [6, 6.07) is 9.33. The van der Waals surface area contributed by atoms with E-state index in [1.807, 2.05) is 6.92 Å². The smallest absolute Gasteiger partial charge is 0.251 e. The molecule has 10 heteroatoms. The van der Waals surface area contributed by atoms with E-state index in [9.17, 15) is 9.59 Å². The fourth-order valence-corrected chi connectivity index (χ4v) is 4.61. The Morgan fingerprint density at radius 3 is 2.67 bits per heavy atom. The van der Waals surface area contributed by atoms with Crippen molar-refractivity contribution >= 4 is 52.1 Å². The van der Waals surface area contributed by atoms with E-state index in [0.717, 1.165) is 24.2 Å². The summed E-state index contributed by atoms with van der Waals surface area (Å²) in [6.07, 6.45) is 5.47. The van der Waals surface area contributed by atoms with Gasteiger partial charge in [-0.3, -0.25) is 14.6 Å². The molecule has 1 fully saturated rings. The number of carbonyl (C=O) groups excluding carboxylic acids is 2. The zero-order valence-corrected chi connectivity index (χ0v) is 20.1. The lowest BCUT2D eigenvalue weighted by Gasteiger charge is -2.19. The van der Waals surface area contributed by atoms with Crippen LogP contribution in [0.5, 0.6) is 0 Å². The van der Waals surface area contributed by atoms with Crippen molar-refractivity contribution in [1.82, 2.24) is 20.2 Å². The molecule has 174 valence electrons. The number of rotatable bonds is 7. The lowest BCUT2D eigenvalue weighted by atomic mass is 10.1. The Kier molecular flexibility index (Phi) is 8.01. The number of pyridine rings is 1. The summed E-state index contributed by atoms with van der Waals surface area (Å²) < 4.78 is 0. The number of thiazole rings is 1. The highest BCUT2D eigenvalue weighted by Crippen LogP contribution is 2.30. The monoisotopic (exact) mass is 486 g/mol. The molecule has 1 saturated heterocycles. The third-order valence-electron chi connectivity index (χ3n) is 5.71. The number of nitrogens with one attached hydrogen (secondary N) is 2. The van der Waals surface area contributed by atoms with E-state index in [2.05, 4.69) is 32.5 Å². The van der Waals surface area contributed by atoms with Gasteiger partial charge in [-0.15, -0.1) is 12.4 Å². The third-order valence-corrected chi connectivity index (χ3v) is 6.70. The standard InChI is InChI=1S/C23H26N6O2S.ClH/c1-14-9-10-25-13-18(14)19(30)20-21(24)28-23(32-20)27-16-7-5-15(6-8-16)22(31)26-12-17-4-3-11-29(17)2;/h5-10,13,17H,3-4,11-12,24H2,1-2H3,(H,26,31)(H,27,28);1H/t17-;/m0./s1. The van der Waals surface area contributed by atoms with E-state index in [4.69, 9.17) is 5.73 Å². The first kappa shape index (κ1) is 24.6. The summed E-state index contributed by atoms with van der Waals surface area (Å²) in [6.45, 7) is 3.59. The first-order valence-electron chi connectivity index (χ1n) is 10.5. The second kappa shape index (κ2) is 10.7. The predicted molar refractivity (Wildman–Crippen MR) is 134 cm³/mol. The molecule has 8 nitrogen and oxygen atoms in total. The number of hydrogen-bond acceptors (Lipinski definition) is 8. The number of hydrogen-bond donors (Lipinski definition) is 3. The Hall–Kier alpha value is -3.01. The zero-order chi connectivity index (χ0) is 22.7. The molecule has 0 bridgehead atoms. The van der Waals surface area contributed by atoms with Crippen LogP contribution in [-0.2, 0) is 0 Å². The van der Waals surface area contributed by atoms with Crippen LogP contribution in [0.4, 0.5) is 16.6 Å². The van der Waals surface area contributed by atoms with Crippen LogP contribution in [0.1, 0.15) is 44.0 Å². The number of likely N-dealkylation sites (N-methyl/N-ethyl adjacent to an activating group) is 1. The molecule has 1 atom stereocenters. The van der Waals surface area contributed by atoms with Gasteiger partial charge < -0.3 is 21.3 Å². The van der Waals surface area contributed by atoms with E-state index in [1.165, 1.54) is 17.8 Å². The predicted octanol–water partition coefficient (Wildman–Crippen LogP) is 3.65. The highest BCUT2D eigenvalue weighted by molar-refractivity contribution is 7.18. The summed E-state index contributed by atoms with van der Waals surface area (Å²) in [5.74, 6) is -0.104. The van der Waals surface area contributed by atoms with Crippen molar-refractivity contribution in [2.75, 3.05) is 31.2 Å². The van der Waals surface area contributed by atoms with Gasteiger partial charge in [-0.2, -0.15) is 0 Å². The SMILES string of the molecule is Cc1ccncc1C(=O)c1sc(Nc2ccc(C(=O)NC[C@@H]3CCCN3C)cc2)nc1N.Cl. The van der Waals surface area contributed by atoms with E-state index < -0.39 is 0 Å². The minimum Gasteiger partial charge on any atom is -0.382 e. The summed E-state index contributed by atoms with van der Waals surface area (Å²) in [7, 11) is 2.09. The number of ketones is 1. The molecule has 4 rings (SSSR count). The van der Waals surface area contributed by atoms with Crippen molar-refractivity contribution in [2.45, 2.75) is 25.8 Å². The van der Waals surface area contributed by atoms with Gasteiger partial charge in [-0.25, -0.2) is 4.98 Å². The van der Waals surface area contributed by atoms with Crippen LogP contribution in [0.2, 0.25) is 0 Å². The fraction of sp³-hybridized carbons (Fsp3) is 0.304. The number of amides is 1. The molecule has 0 saturated carbocycles. The van der Waals surface area contributed by atoms with Gasteiger partial charge in [0.15, 0.2) is 5.13 Å². The van der Waals surface area contributed by atoms with Crippen LogP contribution >= 0.6 is 23.7 Å². The molecular weight excluding hydrogens is 460 g/mol. The van der Waals surface area contributed by atoms with Gasteiger partial charge in [0.25, 0.3) is 5.91 Å². The summed E-state index contributed by atoms with van der Waals surface area (Å²) in [5, 5.41) is 6.68. The molecule has 0 unspecified atom stereocenters. The Morgan fingerprint density at radius 2 is 2.00 bits per heavy atom. The molecule has 3 heterocycles. The van der Waals surface area contributed by atoms with Crippen molar-refractivity contribution in [2.24, 2.45) is 0 Å². The van der Waals surface area contributed by atoms with Crippen molar-refractivity contribution in [3.05, 3.63) is 64.3 Å². The average Bonchev–Trinajstić information content (AvgIpc) is 3.37. The molecule has 1 aliphatic rings. The molecule has 1 aliphatic heterocycles. The molecular formula is C23H27ClN6O2S. The van der Waals surface area contributed by atoms with Crippen molar-refractivity contribution in [3.63, 3.8) is 0 Å². The van der Waals surface area contributed by atoms with Crippen LogP contribution in [0.3, 0.4) is 0 Å². The molecule has 1 amide bonds. The van der Waals surface area contributed by atoms with Crippen molar-refractivity contribution in [1.29, 1.82) is 0 Å². The van der Waals surface area contributed by atoms with Gasteiger partial charge >= 0.3 is 0 Å². The number of anilines is 3. The van der Waals surface area contributed by atoms with Crippen LogP contribution in [0, 0.1) is 6.92 Å². The number of aryl methyl sites for hydroxylation is 1. The highest BCUT2D eigenvalue weighted by atomic mass is 35.5. The van der Waals surface area contributed by atoms with Crippen molar-refractivity contribution in [3.8, 4) is 0 Å². The molecule has 33 heavy (non-hydrogen) atoms. The lowest BCUT2D eigenvalue weighted by Crippen LogP contribution is -2.38. The first-order valence-corrected chi connectivity index (χ1v) is 11.3. The Bertz CT molecular complexity index is 1130. The van der Waals surface area contributed by atoms with Crippen LogP contribution < -0.4 is 16.4 Å². The second-order valence-corrected chi connectivity index (χ2v) is 8.94. The van der Waals surface area contributed by atoms with E-state index in [1.54, 1.807) is 42.7 Å². The summed E-state index contributed by atoms with van der Waals surface area (Å²) >= 11 is 1.19. The first-order chi connectivity index (χ1) is 15.4. The van der Waals surface area contributed by atoms with E-state index in [-0.39, 0.29) is 29.9 Å². The van der Waals surface area contributed by atoms with Crippen LogP contribution in [0.15, 0.2) is 42.7 Å². The summed E-state index contributed by atoms with van der Waals surface area (Å²) in [5.41, 5.74) is 8.69.